The van der Waals surface area contributed by atoms with Gasteiger partial charge in [0.1, 0.15) is 0 Å². The average Bonchev–Trinajstić information content (AvgIpc) is 3.16. The van der Waals surface area contributed by atoms with Crippen LogP contribution in [0.1, 0.15) is 9.67 Å². The number of rotatable bonds is 3. The third-order valence-corrected chi connectivity index (χ3v) is 5.05. The monoisotopic (exact) mass is 358 g/mol. The van der Waals surface area contributed by atoms with Crippen molar-refractivity contribution < 1.29 is 9.59 Å². The number of hydrogen-bond acceptors (Lipinski definition) is 4. The van der Waals surface area contributed by atoms with Gasteiger partial charge in [-0.3, -0.25) is 4.79 Å². The van der Waals surface area contributed by atoms with Crippen molar-refractivity contribution in [2.24, 2.45) is 0 Å². The Morgan fingerprint density at radius 2 is 1.72 bits per heavy atom. The fraction of sp³-hybridized carbons (Fsp3) is 0.333. The summed E-state index contributed by atoms with van der Waals surface area (Å²) in [4.78, 5) is 30.5. The Morgan fingerprint density at radius 3 is 2.28 bits per heavy atom. The van der Waals surface area contributed by atoms with Crippen LogP contribution in [0.3, 0.4) is 0 Å². The summed E-state index contributed by atoms with van der Waals surface area (Å²) in [5.74, 6) is 0.122. The molecule has 25 heavy (non-hydrogen) atoms. The summed E-state index contributed by atoms with van der Waals surface area (Å²) in [6.07, 6.45) is 0. The summed E-state index contributed by atoms with van der Waals surface area (Å²) < 4.78 is 0. The van der Waals surface area contributed by atoms with E-state index in [2.05, 4.69) is 10.2 Å². The molecule has 132 valence electrons. The predicted molar refractivity (Wildman–Crippen MR) is 102 cm³/mol. The maximum atomic E-state index is 12.4. The summed E-state index contributed by atoms with van der Waals surface area (Å²) >= 11 is 1.49. The molecule has 3 amide bonds. The summed E-state index contributed by atoms with van der Waals surface area (Å²) in [5.41, 5.74) is 1.88. The minimum atomic E-state index is -0.145. The van der Waals surface area contributed by atoms with E-state index in [-0.39, 0.29) is 11.9 Å². The third-order valence-electron chi connectivity index (χ3n) is 4.19. The van der Waals surface area contributed by atoms with Crippen LogP contribution in [-0.4, -0.2) is 62.0 Å². The van der Waals surface area contributed by atoms with Gasteiger partial charge in [0.25, 0.3) is 5.91 Å². The van der Waals surface area contributed by atoms with Crippen molar-refractivity contribution in [3.8, 4) is 0 Å². The topological polar surface area (TPSA) is 55.9 Å². The highest BCUT2D eigenvalue weighted by molar-refractivity contribution is 7.12. The summed E-state index contributed by atoms with van der Waals surface area (Å²) in [6, 6.07) is 11.4. The fourth-order valence-corrected chi connectivity index (χ4v) is 3.41. The first-order valence-electron chi connectivity index (χ1n) is 8.20. The second-order valence-corrected chi connectivity index (χ2v) is 7.08. The van der Waals surface area contributed by atoms with Gasteiger partial charge in [0.2, 0.25) is 0 Å². The van der Waals surface area contributed by atoms with Gasteiger partial charge in [0, 0.05) is 51.6 Å². The zero-order chi connectivity index (χ0) is 17.8. The molecule has 0 saturated carbocycles. The van der Waals surface area contributed by atoms with Crippen LogP contribution in [-0.2, 0) is 0 Å². The maximum Gasteiger partial charge on any atom is 0.321 e. The summed E-state index contributed by atoms with van der Waals surface area (Å²) in [5, 5.41) is 4.76. The zero-order valence-corrected chi connectivity index (χ0v) is 15.3. The van der Waals surface area contributed by atoms with E-state index >= 15 is 0 Å². The molecule has 7 heteroatoms. The third kappa shape index (κ3) is 4.11. The minimum absolute atomic E-state index is 0.122. The molecule has 0 unspecified atom stereocenters. The number of amides is 3. The Hall–Kier alpha value is -2.54. The van der Waals surface area contributed by atoms with E-state index < -0.39 is 0 Å². The molecule has 2 aromatic rings. The summed E-state index contributed by atoms with van der Waals surface area (Å²) in [7, 11) is 3.42. The van der Waals surface area contributed by atoms with Crippen molar-refractivity contribution in [1.29, 1.82) is 0 Å². The van der Waals surface area contributed by atoms with Crippen molar-refractivity contribution >= 4 is 34.6 Å². The Bertz CT molecular complexity index is 720. The van der Waals surface area contributed by atoms with E-state index in [9.17, 15) is 9.59 Å². The van der Waals surface area contributed by atoms with Gasteiger partial charge >= 0.3 is 6.03 Å². The molecule has 1 aromatic heterocycles. The number of hydrogen-bond donors (Lipinski definition) is 1. The molecule has 3 rings (SSSR count). The molecule has 1 N–H and O–H groups in total. The lowest BCUT2D eigenvalue weighted by molar-refractivity contribution is 0.0751. The summed E-state index contributed by atoms with van der Waals surface area (Å²) in [6.45, 7) is 3.05. The molecule has 1 saturated heterocycles. The van der Waals surface area contributed by atoms with E-state index in [1.165, 1.54) is 16.2 Å². The standard InChI is InChI=1S/C18H22N4O2S/c1-20(2)18(24)19-14-5-7-15(8-6-14)21-9-11-22(12-10-21)17(23)16-4-3-13-25-16/h3-8,13H,9-12H2,1-2H3,(H,19,24). The van der Waals surface area contributed by atoms with Crippen molar-refractivity contribution in [3.63, 3.8) is 0 Å². The molecule has 1 fully saturated rings. The Morgan fingerprint density at radius 1 is 1.04 bits per heavy atom. The van der Waals surface area contributed by atoms with Crippen LogP contribution in [0.2, 0.25) is 0 Å². The van der Waals surface area contributed by atoms with Crippen LogP contribution in [0.5, 0.6) is 0 Å². The van der Waals surface area contributed by atoms with Gasteiger partial charge in [0.05, 0.1) is 4.88 Å². The van der Waals surface area contributed by atoms with E-state index in [0.717, 1.165) is 42.4 Å². The maximum absolute atomic E-state index is 12.4. The highest BCUT2D eigenvalue weighted by Crippen LogP contribution is 2.21. The number of carbonyl (C=O) groups excluding carboxylic acids is 2. The SMILES string of the molecule is CN(C)C(=O)Nc1ccc(N2CCN(C(=O)c3cccs3)CC2)cc1. The first-order chi connectivity index (χ1) is 12.0. The van der Waals surface area contributed by atoms with E-state index in [4.69, 9.17) is 0 Å². The number of nitrogens with zero attached hydrogens (tertiary/aromatic N) is 3. The molecule has 1 aliphatic rings. The van der Waals surface area contributed by atoms with Gasteiger partial charge in [-0.15, -0.1) is 11.3 Å². The number of benzene rings is 1. The van der Waals surface area contributed by atoms with Crippen molar-refractivity contribution in [3.05, 3.63) is 46.7 Å². The smallest absolute Gasteiger partial charge is 0.321 e. The number of urea groups is 1. The van der Waals surface area contributed by atoms with Crippen LogP contribution >= 0.6 is 11.3 Å². The van der Waals surface area contributed by atoms with Gasteiger partial charge in [-0.2, -0.15) is 0 Å². The second-order valence-electron chi connectivity index (χ2n) is 6.13. The number of anilines is 2. The minimum Gasteiger partial charge on any atom is -0.368 e. The Kier molecular flexibility index (Phi) is 5.23. The first kappa shape index (κ1) is 17.3. The van der Waals surface area contributed by atoms with Crippen LogP contribution in [0.15, 0.2) is 41.8 Å². The van der Waals surface area contributed by atoms with Gasteiger partial charge in [-0.1, -0.05) is 6.07 Å². The van der Waals surface area contributed by atoms with Crippen LogP contribution in [0.4, 0.5) is 16.2 Å². The molecule has 0 bridgehead atoms. The highest BCUT2D eigenvalue weighted by atomic mass is 32.1. The van der Waals surface area contributed by atoms with Crippen molar-refractivity contribution in [1.82, 2.24) is 9.80 Å². The lowest BCUT2D eigenvalue weighted by atomic mass is 10.2. The predicted octanol–water partition coefficient (Wildman–Crippen LogP) is 2.80. The van der Waals surface area contributed by atoms with E-state index in [0.29, 0.717) is 0 Å². The molecule has 0 atom stereocenters. The van der Waals surface area contributed by atoms with E-state index in [1.807, 2.05) is 46.7 Å². The van der Waals surface area contributed by atoms with Crippen molar-refractivity contribution in [2.45, 2.75) is 0 Å². The number of thiophene rings is 1. The van der Waals surface area contributed by atoms with Crippen LogP contribution < -0.4 is 10.2 Å². The molecular formula is C18H22N4O2S. The van der Waals surface area contributed by atoms with Crippen molar-refractivity contribution in [2.75, 3.05) is 50.5 Å². The van der Waals surface area contributed by atoms with Gasteiger partial charge in [0.15, 0.2) is 0 Å². The molecule has 0 radical (unpaired) electrons. The Labute approximate surface area is 151 Å². The van der Waals surface area contributed by atoms with Gasteiger partial charge in [-0.05, 0) is 35.7 Å². The lowest BCUT2D eigenvalue weighted by Crippen LogP contribution is -2.48. The molecule has 2 heterocycles. The first-order valence-corrected chi connectivity index (χ1v) is 9.08. The fourth-order valence-electron chi connectivity index (χ4n) is 2.71. The normalized spacial score (nSPS) is 14.3. The molecule has 0 spiro atoms. The molecular weight excluding hydrogens is 336 g/mol. The largest absolute Gasteiger partial charge is 0.368 e. The number of carbonyl (C=O) groups is 2. The highest BCUT2D eigenvalue weighted by Gasteiger charge is 2.22. The zero-order valence-electron chi connectivity index (χ0n) is 14.4. The lowest BCUT2D eigenvalue weighted by Gasteiger charge is -2.36. The Balaban J connectivity index is 1.56. The van der Waals surface area contributed by atoms with Gasteiger partial charge in [-0.25, -0.2) is 4.79 Å². The quantitative estimate of drug-likeness (QED) is 0.918. The van der Waals surface area contributed by atoms with Gasteiger partial charge < -0.3 is 20.0 Å². The van der Waals surface area contributed by atoms with Crippen LogP contribution in [0.25, 0.3) is 0 Å². The second kappa shape index (κ2) is 7.57. The molecule has 1 aromatic carbocycles. The van der Waals surface area contributed by atoms with E-state index in [1.54, 1.807) is 14.1 Å². The molecule has 0 aliphatic carbocycles. The molecule has 6 nitrogen and oxygen atoms in total. The molecule has 1 aliphatic heterocycles. The number of piperazine rings is 1. The van der Waals surface area contributed by atoms with Crippen LogP contribution in [0, 0.1) is 0 Å². The number of nitrogens with one attached hydrogen (secondary N) is 1. The average molecular weight is 358 g/mol.